The van der Waals surface area contributed by atoms with E-state index in [4.69, 9.17) is 0 Å². The predicted octanol–water partition coefficient (Wildman–Crippen LogP) is 3.29. The molecule has 0 unspecified atom stereocenters. The molecular formula is C16H14BrN3O2. The van der Waals surface area contributed by atoms with Gasteiger partial charge in [-0.15, -0.1) is 0 Å². The van der Waals surface area contributed by atoms with E-state index in [0.29, 0.717) is 5.82 Å². The van der Waals surface area contributed by atoms with Crippen LogP contribution in [0.5, 0.6) is 0 Å². The van der Waals surface area contributed by atoms with Crippen molar-refractivity contribution >= 4 is 33.7 Å². The van der Waals surface area contributed by atoms with E-state index in [9.17, 15) is 9.59 Å². The molecular weight excluding hydrogens is 346 g/mol. The van der Waals surface area contributed by atoms with E-state index in [-0.39, 0.29) is 11.9 Å². The van der Waals surface area contributed by atoms with E-state index in [1.807, 2.05) is 37.3 Å². The zero-order chi connectivity index (χ0) is 15.9. The molecule has 1 saturated heterocycles. The Hall–Kier alpha value is -2.21. The van der Waals surface area contributed by atoms with Gasteiger partial charge in [0.15, 0.2) is 0 Å². The monoisotopic (exact) mass is 359 g/mol. The maximum atomic E-state index is 12.8. The number of anilines is 1. The Labute approximate surface area is 136 Å². The second kappa shape index (κ2) is 5.53. The van der Waals surface area contributed by atoms with Crippen molar-refractivity contribution in [2.45, 2.75) is 13.0 Å². The molecule has 2 aromatic rings. The van der Waals surface area contributed by atoms with Crippen LogP contribution >= 0.6 is 15.9 Å². The Morgan fingerprint density at radius 2 is 1.86 bits per heavy atom. The van der Waals surface area contributed by atoms with Crippen molar-refractivity contribution in [3.05, 3.63) is 58.2 Å². The Bertz CT molecular complexity index is 763. The van der Waals surface area contributed by atoms with Crippen LogP contribution < -0.4 is 4.90 Å². The lowest BCUT2D eigenvalue weighted by atomic mass is 10.1. The molecule has 1 aromatic carbocycles. The van der Waals surface area contributed by atoms with Crippen LogP contribution in [0.15, 0.2) is 46.9 Å². The number of hydrogen-bond acceptors (Lipinski definition) is 3. The van der Waals surface area contributed by atoms with Crippen molar-refractivity contribution in [2.75, 3.05) is 11.9 Å². The van der Waals surface area contributed by atoms with E-state index in [1.165, 1.54) is 4.90 Å². The molecule has 1 aliphatic rings. The highest BCUT2D eigenvalue weighted by molar-refractivity contribution is 9.10. The van der Waals surface area contributed by atoms with Crippen molar-refractivity contribution < 1.29 is 9.59 Å². The van der Waals surface area contributed by atoms with Gasteiger partial charge in [-0.05, 0) is 36.8 Å². The third-order valence-electron chi connectivity index (χ3n) is 3.60. The minimum Gasteiger partial charge on any atom is -0.311 e. The molecule has 0 bridgehead atoms. The summed E-state index contributed by atoms with van der Waals surface area (Å²) in [6.07, 6.45) is 0. The Kier molecular flexibility index (Phi) is 3.70. The van der Waals surface area contributed by atoms with Crippen molar-refractivity contribution in [3.63, 3.8) is 0 Å². The molecule has 5 nitrogen and oxygen atoms in total. The van der Waals surface area contributed by atoms with Gasteiger partial charge < -0.3 is 4.90 Å². The van der Waals surface area contributed by atoms with Gasteiger partial charge in [0, 0.05) is 17.2 Å². The van der Waals surface area contributed by atoms with Gasteiger partial charge in [-0.1, -0.05) is 34.1 Å². The SMILES string of the molecule is Cc1cccc(N2C(=O)[C@H](c3cccc(Br)c3)N(C)C2=O)n1. The average Bonchev–Trinajstić information content (AvgIpc) is 2.69. The average molecular weight is 360 g/mol. The molecule has 1 fully saturated rings. The largest absolute Gasteiger partial charge is 0.333 e. The molecule has 0 aliphatic carbocycles. The number of nitrogens with zero attached hydrogens (tertiary/aromatic N) is 3. The number of amides is 3. The first-order chi connectivity index (χ1) is 10.5. The lowest BCUT2D eigenvalue weighted by Gasteiger charge is -2.16. The molecule has 3 amide bonds. The van der Waals surface area contributed by atoms with Gasteiger partial charge in [-0.2, -0.15) is 0 Å². The summed E-state index contributed by atoms with van der Waals surface area (Å²) in [5.41, 5.74) is 1.53. The summed E-state index contributed by atoms with van der Waals surface area (Å²) in [6.45, 7) is 1.82. The zero-order valence-electron chi connectivity index (χ0n) is 12.2. The van der Waals surface area contributed by atoms with Crippen molar-refractivity contribution in [3.8, 4) is 0 Å². The first-order valence-corrected chi connectivity index (χ1v) is 7.58. The molecule has 1 aromatic heterocycles. The Balaban J connectivity index is 2.02. The van der Waals surface area contributed by atoms with Crippen molar-refractivity contribution in [2.24, 2.45) is 0 Å². The summed E-state index contributed by atoms with van der Waals surface area (Å²) in [4.78, 5) is 32.1. The third kappa shape index (κ3) is 2.39. The first kappa shape index (κ1) is 14.7. The van der Waals surface area contributed by atoms with Gasteiger partial charge in [0.05, 0.1) is 0 Å². The van der Waals surface area contributed by atoms with Crippen LogP contribution in [0, 0.1) is 6.92 Å². The zero-order valence-corrected chi connectivity index (χ0v) is 13.7. The number of imide groups is 1. The van der Waals surface area contributed by atoms with E-state index >= 15 is 0 Å². The number of benzene rings is 1. The number of rotatable bonds is 2. The lowest BCUT2D eigenvalue weighted by Crippen LogP contribution is -2.32. The van der Waals surface area contributed by atoms with Crippen LogP contribution in [0.4, 0.5) is 10.6 Å². The number of pyridine rings is 1. The molecule has 0 saturated carbocycles. The normalized spacial score (nSPS) is 18.2. The number of urea groups is 1. The summed E-state index contributed by atoms with van der Waals surface area (Å²) in [5.74, 6) is 0.0723. The maximum Gasteiger partial charge on any atom is 0.333 e. The highest BCUT2D eigenvalue weighted by Crippen LogP contribution is 2.33. The third-order valence-corrected chi connectivity index (χ3v) is 4.10. The second-order valence-corrected chi connectivity index (χ2v) is 6.08. The fourth-order valence-electron chi connectivity index (χ4n) is 2.56. The second-order valence-electron chi connectivity index (χ2n) is 5.16. The van der Waals surface area contributed by atoms with E-state index in [1.54, 1.807) is 19.2 Å². The minimum atomic E-state index is -0.632. The van der Waals surface area contributed by atoms with Gasteiger partial charge in [-0.25, -0.2) is 14.7 Å². The summed E-state index contributed by atoms with van der Waals surface area (Å²) in [7, 11) is 1.63. The fourth-order valence-corrected chi connectivity index (χ4v) is 2.97. The van der Waals surface area contributed by atoms with Crippen molar-refractivity contribution in [1.29, 1.82) is 0 Å². The van der Waals surface area contributed by atoms with Gasteiger partial charge in [0.2, 0.25) is 0 Å². The molecule has 6 heteroatoms. The van der Waals surface area contributed by atoms with Crippen LogP contribution in [0.1, 0.15) is 17.3 Å². The van der Waals surface area contributed by atoms with Crippen LogP contribution in [0.3, 0.4) is 0 Å². The van der Waals surface area contributed by atoms with Crippen LogP contribution in [0.25, 0.3) is 0 Å². The van der Waals surface area contributed by atoms with Crippen LogP contribution in [-0.2, 0) is 4.79 Å². The van der Waals surface area contributed by atoms with Gasteiger partial charge in [0.25, 0.3) is 5.91 Å². The standard InChI is InChI=1S/C16H14BrN3O2/c1-10-5-3-8-13(18-10)20-15(21)14(19(2)16(20)22)11-6-4-7-12(17)9-11/h3-9,14H,1-2H3/t14-/m0/s1. The molecule has 0 spiro atoms. The van der Waals surface area contributed by atoms with E-state index in [2.05, 4.69) is 20.9 Å². The number of aromatic nitrogens is 1. The Morgan fingerprint density at radius 3 is 2.55 bits per heavy atom. The van der Waals surface area contributed by atoms with Crippen LogP contribution in [-0.4, -0.2) is 28.9 Å². The summed E-state index contributed by atoms with van der Waals surface area (Å²) >= 11 is 3.39. The molecule has 3 rings (SSSR count). The fraction of sp³-hybridized carbons (Fsp3) is 0.188. The molecule has 0 radical (unpaired) electrons. The van der Waals surface area contributed by atoms with Gasteiger partial charge >= 0.3 is 6.03 Å². The first-order valence-electron chi connectivity index (χ1n) is 6.79. The molecule has 1 aliphatic heterocycles. The summed E-state index contributed by atoms with van der Waals surface area (Å²) in [5, 5.41) is 0. The lowest BCUT2D eigenvalue weighted by molar-refractivity contribution is -0.119. The molecule has 22 heavy (non-hydrogen) atoms. The number of carbonyl (C=O) groups is 2. The summed E-state index contributed by atoms with van der Waals surface area (Å²) in [6, 6.07) is 11.7. The highest BCUT2D eigenvalue weighted by Gasteiger charge is 2.45. The maximum absolute atomic E-state index is 12.8. The van der Waals surface area contributed by atoms with Crippen LogP contribution in [0.2, 0.25) is 0 Å². The molecule has 0 N–H and O–H groups in total. The highest BCUT2D eigenvalue weighted by atomic mass is 79.9. The predicted molar refractivity (Wildman–Crippen MR) is 86.5 cm³/mol. The number of hydrogen-bond donors (Lipinski definition) is 0. The minimum absolute atomic E-state index is 0.288. The number of halogens is 1. The Morgan fingerprint density at radius 1 is 1.14 bits per heavy atom. The van der Waals surface area contributed by atoms with Gasteiger partial charge in [0.1, 0.15) is 11.9 Å². The van der Waals surface area contributed by atoms with E-state index < -0.39 is 6.04 Å². The number of carbonyl (C=O) groups excluding carboxylic acids is 2. The van der Waals surface area contributed by atoms with E-state index in [0.717, 1.165) is 20.6 Å². The molecule has 112 valence electrons. The molecule has 2 heterocycles. The molecule has 1 atom stereocenters. The topological polar surface area (TPSA) is 53.5 Å². The smallest absolute Gasteiger partial charge is 0.311 e. The quantitative estimate of drug-likeness (QED) is 0.773. The number of aryl methyl sites for hydroxylation is 1. The van der Waals surface area contributed by atoms with Gasteiger partial charge in [-0.3, -0.25) is 4.79 Å². The number of likely N-dealkylation sites (N-methyl/N-ethyl adjacent to an activating group) is 1. The summed E-state index contributed by atoms with van der Waals surface area (Å²) < 4.78 is 0.866. The van der Waals surface area contributed by atoms with Crippen molar-refractivity contribution in [1.82, 2.24) is 9.88 Å².